The normalized spacial score (nSPS) is 17.8. The van der Waals surface area contributed by atoms with Crippen molar-refractivity contribution in [2.45, 2.75) is 38.1 Å². The molecule has 5 heteroatoms. The van der Waals surface area contributed by atoms with Gasteiger partial charge in [-0.2, -0.15) is 4.98 Å². The Morgan fingerprint density at radius 3 is 2.79 bits per heavy atom. The Balaban J connectivity index is 1.99. The first-order chi connectivity index (χ1) is 9.08. The lowest BCUT2D eigenvalue weighted by Crippen LogP contribution is -2.34. The van der Waals surface area contributed by atoms with Crippen LogP contribution in [0, 0.1) is 12.7 Å². The summed E-state index contributed by atoms with van der Waals surface area (Å²) in [5.41, 5.74) is 7.32. The van der Waals surface area contributed by atoms with E-state index in [2.05, 4.69) is 10.1 Å². The molecule has 0 radical (unpaired) electrons. The number of nitrogens with zero attached hydrogens (tertiary/aromatic N) is 2. The van der Waals surface area contributed by atoms with E-state index in [0.29, 0.717) is 17.3 Å². The van der Waals surface area contributed by atoms with Gasteiger partial charge in [-0.1, -0.05) is 24.1 Å². The average molecular weight is 261 g/mol. The van der Waals surface area contributed by atoms with Crippen LogP contribution in [-0.2, 0) is 5.54 Å². The highest BCUT2D eigenvalue weighted by Crippen LogP contribution is 2.35. The molecule has 1 aliphatic rings. The average Bonchev–Trinajstić information content (AvgIpc) is 3.02. The minimum absolute atomic E-state index is 0.316. The molecule has 1 aliphatic carbocycles. The van der Waals surface area contributed by atoms with Gasteiger partial charge in [0.2, 0.25) is 0 Å². The third kappa shape index (κ3) is 2.14. The molecule has 0 aliphatic heterocycles. The molecule has 100 valence electrons. The summed E-state index contributed by atoms with van der Waals surface area (Å²) in [6.45, 7) is 1.88. The Hall–Kier alpha value is -1.75. The van der Waals surface area contributed by atoms with Crippen molar-refractivity contribution in [2.24, 2.45) is 5.73 Å². The van der Waals surface area contributed by atoms with Gasteiger partial charge in [0.15, 0.2) is 5.82 Å². The molecule has 2 aromatic rings. The van der Waals surface area contributed by atoms with Gasteiger partial charge in [0.05, 0.1) is 5.54 Å². The number of hydrogen-bond donors (Lipinski definition) is 1. The predicted molar refractivity (Wildman–Crippen MR) is 68.8 cm³/mol. The van der Waals surface area contributed by atoms with E-state index in [1.165, 1.54) is 12.1 Å². The predicted octanol–water partition coefficient (Wildman–Crippen LogP) is 2.91. The lowest BCUT2D eigenvalue weighted by atomic mass is 9.98. The van der Waals surface area contributed by atoms with Gasteiger partial charge >= 0.3 is 0 Å². The van der Waals surface area contributed by atoms with Crippen LogP contribution in [0.15, 0.2) is 22.7 Å². The molecule has 1 aromatic carbocycles. The highest BCUT2D eigenvalue weighted by molar-refractivity contribution is 5.58. The van der Waals surface area contributed by atoms with Crippen LogP contribution in [0.25, 0.3) is 11.5 Å². The molecule has 19 heavy (non-hydrogen) atoms. The lowest BCUT2D eigenvalue weighted by Gasteiger charge is -2.17. The number of nitrogens with two attached hydrogens (primary N) is 1. The second-order valence-electron chi connectivity index (χ2n) is 5.25. The molecular formula is C14H16FN3O. The smallest absolute Gasteiger partial charge is 0.258 e. The van der Waals surface area contributed by atoms with E-state index in [4.69, 9.17) is 10.3 Å². The molecule has 0 bridgehead atoms. The van der Waals surface area contributed by atoms with Crippen molar-refractivity contribution in [1.82, 2.24) is 10.1 Å². The van der Waals surface area contributed by atoms with Crippen molar-refractivity contribution in [2.75, 3.05) is 0 Å². The zero-order valence-corrected chi connectivity index (χ0v) is 10.8. The van der Waals surface area contributed by atoms with Crippen molar-refractivity contribution in [3.8, 4) is 11.5 Å². The van der Waals surface area contributed by atoms with E-state index < -0.39 is 5.54 Å². The van der Waals surface area contributed by atoms with Gasteiger partial charge < -0.3 is 10.3 Å². The fourth-order valence-corrected chi connectivity index (χ4v) is 2.59. The van der Waals surface area contributed by atoms with Crippen LogP contribution in [0.3, 0.4) is 0 Å². The van der Waals surface area contributed by atoms with Crippen LogP contribution in [-0.4, -0.2) is 10.1 Å². The SMILES string of the molecule is Cc1ccc(F)cc1-c1nc(C2(N)CCCC2)no1. The largest absolute Gasteiger partial charge is 0.334 e. The Kier molecular flexibility index (Phi) is 2.86. The van der Waals surface area contributed by atoms with Crippen molar-refractivity contribution in [1.29, 1.82) is 0 Å². The molecule has 0 unspecified atom stereocenters. The molecule has 0 atom stereocenters. The summed E-state index contributed by atoms with van der Waals surface area (Å²) in [7, 11) is 0. The Morgan fingerprint density at radius 1 is 1.32 bits per heavy atom. The number of benzene rings is 1. The maximum atomic E-state index is 13.3. The fourth-order valence-electron chi connectivity index (χ4n) is 2.59. The topological polar surface area (TPSA) is 64.9 Å². The molecule has 1 heterocycles. The standard InChI is InChI=1S/C14H16FN3O/c1-9-4-5-10(15)8-11(9)12-17-13(18-19-12)14(16)6-2-3-7-14/h4-5,8H,2-3,6-7,16H2,1H3. The molecule has 3 rings (SSSR count). The summed E-state index contributed by atoms with van der Waals surface area (Å²) in [6, 6.07) is 4.52. The number of hydrogen-bond acceptors (Lipinski definition) is 4. The summed E-state index contributed by atoms with van der Waals surface area (Å²) in [4.78, 5) is 4.37. The van der Waals surface area contributed by atoms with E-state index in [0.717, 1.165) is 31.2 Å². The number of aromatic nitrogens is 2. The van der Waals surface area contributed by atoms with Gasteiger partial charge in [-0.3, -0.25) is 0 Å². The molecule has 1 aromatic heterocycles. The van der Waals surface area contributed by atoms with E-state index >= 15 is 0 Å². The maximum Gasteiger partial charge on any atom is 0.258 e. The first-order valence-electron chi connectivity index (χ1n) is 6.48. The van der Waals surface area contributed by atoms with Crippen molar-refractivity contribution < 1.29 is 8.91 Å². The Labute approximate surface area is 110 Å². The van der Waals surface area contributed by atoms with Crippen LogP contribution in [0.2, 0.25) is 0 Å². The Morgan fingerprint density at radius 2 is 2.05 bits per heavy atom. The van der Waals surface area contributed by atoms with Gasteiger partial charge in [-0.05, 0) is 37.5 Å². The third-order valence-electron chi connectivity index (χ3n) is 3.80. The van der Waals surface area contributed by atoms with Gasteiger partial charge in [-0.15, -0.1) is 0 Å². The fraction of sp³-hybridized carbons (Fsp3) is 0.429. The molecule has 4 nitrogen and oxygen atoms in total. The molecule has 1 fully saturated rings. The summed E-state index contributed by atoms with van der Waals surface area (Å²) in [6.07, 6.45) is 3.90. The van der Waals surface area contributed by atoms with Gasteiger partial charge in [-0.25, -0.2) is 4.39 Å². The second-order valence-corrected chi connectivity index (χ2v) is 5.25. The molecule has 0 spiro atoms. The lowest BCUT2D eigenvalue weighted by molar-refractivity contribution is 0.372. The van der Waals surface area contributed by atoms with Gasteiger partial charge in [0.1, 0.15) is 5.82 Å². The quantitative estimate of drug-likeness (QED) is 0.902. The van der Waals surface area contributed by atoms with Gasteiger partial charge in [0.25, 0.3) is 5.89 Å². The minimum atomic E-state index is -0.483. The van der Waals surface area contributed by atoms with Crippen molar-refractivity contribution in [3.05, 3.63) is 35.4 Å². The zero-order valence-electron chi connectivity index (χ0n) is 10.8. The number of aryl methyl sites for hydroxylation is 1. The number of halogens is 1. The first kappa shape index (κ1) is 12.3. The van der Waals surface area contributed by atoms with Crippen LogP contribution >= 0.6 is 0 Å². The van der Waals surface area contributed by atoms with Crippen LogP contribution in [0.4, 0.5) is 4.39 Å². The Bertz CT molecular complexity index is 602. The first-order valence-corrected chi connectivity index (χ1v) is 6.48. The molecule has 0 amide bonds. The van der Waals surface area contributed by atoms with E-state index in [1.807, 2.05) is 6.92 Å². The van der Waals surface area contributed by atoms with Crippen molar-refractivity contribution >= 4 is 0 Å². The van der Waals surface area contributed by atoms with Crippen LogP contribution in [0.5, 0.6) is 0 Å². The molecular weight excluding hydrogens is 245 g/mol. The highest BCUT2D eigenvalue weighted by Gasteiger charge is 2.36. The van der Waals surface area contributed by atoms with E-state index in [1.54, 1.807) is 6.07 Å². The summed E-state index contributed by atoms with van der Waals surface area (Å²) < 4.78 is 18.6. The van der Waals surface area contributed by atoms with Gasteiger partial charge in [0, 0.05) is 5.56 Å². The second kappa shape index (κ2) is 4.42. The molecule has 0 saturated heterocycles. The molecule has 2 N–H and O–H groups in total. The summed E-state index contributed by atoms with van der Waals surface area (Å²) in [5.74, 6) is 0.552. The maximum absolute atomic E-state index is 13.3. The zero-order chi connectivity index (χ0) is 13.5. The minimum Gasteiger partial charge on any atom is -0.334 e. The molecule has 1 saturated carbocycles. The highest BCUT2D eigenvalue weighted by atomic mass is 19.1. The third-order valence-corrected chi connectivity index (χ3v) is 3.80. The van der Waals surface area contributed by atoms with E-state index in [9.17, 15) is 4.39 Å². The van der Waals surface area contributed by atoms with Crippen molar-refractivity contribution in [3.63, 3.8) is 0 Å². The van der Waals surface area contributed by atoms with E-state index in [-0.39, 0.29) is 5.82 Å². The van der Waals surface area contributed by atoms with Crippen LogP contribution in [0.1, 0.15) is 37.1 Å². The van der Waals surface area contributed by atoms with Crippen LogP contribution < -0.4 is 5.73 Å². The summed E-state index contributed by atoms with van der Waals surface area (Å²) in [5, 5.41) is 3.98. The monoisotopic (exact) mass is 261 g/mol. The summed E-state index contributed by atoms with van der Waals surface area (Å²) >= 11 is 0. The number of rotatable bonds is 2.